The Labute approximate surface area is 119 Å². The smallest absolute Gasteiger partial charge is 0.0113 e. The summed E-state index contributed by atoms with van der Waals surface area (Å²) in [6.45, 7) is 3.68. The van der Waals surface area contributed by atoms with Gasteiger partial charge < -0.3 is 10.6 Å². The van der Waals surface area contributed by atoms with Crippen LogP contribution in [0.2, 0.25) is 0 Å². The van der Waals surface area contributed by atoms with Crippen molar-refractivity contribution < 1.29 is 0 Å². The Kier molecular flexibility index (Phi) is 4.81. The van der Waals surface area contributed by atoms with Crippen molar-refractivity contribution in [2.45, 2.75) is 89.3 Å². The molecule has 3 aliphatic rings. The molecule has 19 heavy (non-hydrogen) atoms. The maximum absolute atomic E-state index is 4.06. The third kappa shape index (κ3) is 3.52. The van der Waals surface area contributed by atoms with Gasteiger partial charge in [0, 0.05) is 18.1 Å². The molecule has 0 aromatic carbocycles. The lowest BCUT2D eigenvalue weighted by atomic mass is 9.77. The van der Waals surface area contributed by atoms with Crippen LogP contribution < -0.4 is 10.6 Å². The molecule has 1 aliphatic heterocycles. The molecule has 0 bridgehead atoms. The molecule has 2 nitrogen and oxygen atoms in total. The van der Waals surface area contributed by atoms with E-state index in [9.17, 15) is 0 Å². The van der Waals surface area contributed by atoms with Crippen LogP contribution in [0.25, 0.3) is 0 Å². The van der Waals surface area contributed by atoms with Gasteiger partial charge in [0.1, 0.15) is 0 Å². The fourth-order valence-electron chi connectivity index (χ4n) is 4.75. The van der Waals surface area contributed by atoms with E-state index >= 15 is 0 Å². The minimum Gasteiger partial charge on any atom is -0.314 e. The highest BCUT2D eigenvalue weighted by molar-refractivity contribution is 4.93. The quantitative estimate of drug-likeness (QED) is 0.815. The van der Waals surface area contributed by atoms with Crippen LogP contribution in [0.3, 0.4) is 0 Å². The fourth-order valence-corrected chi connectivity index (χ4v) is 4.75. The van der Waals surface area contributed by atoms with Gasteiger partial charge >= 0.3 is 0 Å². The van der Waals surface area contributed by atoms with Gasteiger partial charge in [0.25, 0.3) is 0 Å². The predicted octanol–water partition coefficient (Wildman–Crippen LogP) is 3.47. The van der Waals surface area contributed by atoms with E-state index in [2.05, 4.69) is 17.6 Å². The number of piperidine rings is 1. The first-order valence-corrected chi connectivity index (χ1v) is 8.82. The van der Waals surface area contributed by atoms with Crippen LogP contribution in [0, 0.1) is 11.8 Å². The van der Waals surface area contributed by atoms with E-state index < -0.39 is 0 Å². The molecular weight excluding hydrogens is 232 g/mol. The lowest BCUT2D eigenvalue weighted by Gasteiger charge is -2.41. The van der Waals surface area contributed by atoms with E-state index in [1.807, 2.05) is 0 Å². The van der Waals surface area contributed by atoms with Gasteiger partial charge in [0.15, 0.2) is 0 Å². The second-order valence-corrected chi connectivity index (χ2v) is 7.39. The zero-order chi connectivity index (χ0) is 13.1. The molecule has 5 unspecified atom stereocenters. The molecule has 0 spiro atoms. The largest absolute Gasteiger partial charge is 0.314 e. The standard InChI is InChI=1S/C17H32N2/c1-13-9-10-14(12-13)19-17-8-3-2-6-15(17)16-7-4-5-11-18-16/h13-19H,2-12H2,1H3. The number of nitrogens with one attached hydrogen (secondary N) is 2. The minimum absolute atomic E-state index is 0.805. The SMILES string of the molecule is CC1CCC(NC2CCCCC2C2CCCCN2)C1. The molecule has 0 aromatic heterocycles. The van der Waals surface area contributed by atoms with Crippen molar-refractivity contribution in [1.82, 2.24) is 10.6 Å². The fraction of sp³-hybridized carbons (Fsp3) is 1.00. The third-order valence-corrected chi connectivity index (χ3v) is 5.83. The van der Waals surface area contributed by atoms with Gasteiger partial charge in [0.2, 0.25) is 0 Å². The van der Waals surface area contributed by atoms with E-state index in [1.54, 1.807) is 0 Å². The van der Waals surface area contributed by atoms with E-state index in [0.29, 0.717) is 0 Å². The summed E-state index contributed by atoms with van der Waals surface area (Å²) in [5, 5.41) is 7.87. The topological polar surface area (TPSA) is 24.1 Å². The summed E-state index contributed by atoms with van der Waals surface area (Å²) in [6.07, 6.45) is 14.3. The predicted molar refractivity (Wildman–Crippen MR) is 81.3 cm³/mol. The van der Waals surface area contributed by atoms with Crippen molar-refractivity contribution in [3.8, 4) is 0 Å². The summed E-state index contributed by atoms with van der Waals surface area (Å²) in [4.78, 5) is 0. The molecule has 1 heterocycles. The monoisotopic (exact) mass is 264 g/mol. The van der Waals surface area contributed by atoms with Crippen molar-refractivity contribution >= 4 is 0 Å². The van der Waals surface area contributed by atoms with Crippen LogP contribution >= 0.6 is 0 Å². The maximum Gasteiger partial charge on any atom is 0.0113 e. The lowest BCUT2D eigenvalue weighted by Crippen LogP contribution is -2.52. The van der Waals surface area contributed by atoms with E-state index in [1.165, 1.54) is 70.8 Å². The summed E-state index contributed by atoms with van der Waals surface area (Å²) < 4.78 is 0. The second kappa shape index (κ2) is 6.58. The number of hydrogen-bond acceptors (Lipinski definition) is 2. The Bertz CT molecular complexity index is 272. The van der Waals surface area contributed by atoms with E-state index in [-0.39, 0.29) is 0 Å². The lowest BCUT2D eigenvalue weighted by molar-refractivity contribution is 0.171. The zero-order valence-electron chi connectivity index (χ0n) is 12.7. The summed E-state index contributed by atoms with van der Waals surface area (Å²) in [5.74, 6) is 1.86. The van der Waals surface area contributed by atoms with Crippen LogP contribution in [-0.4, -0.2) is 24.7 Å². The molecule has 0 amide bonds. The Morgan fingerprint density at radius 1 is 0.895 bits per heavy atom. The van der Waals surface area contributed by atoms with Crippen molar-refractivity contribution in [2.24, 2.45) is 11.8 Å². The van der Waals surface area contributed by atoms with Crippen LogP contribution in [0.4, 0.5) is 0 Å². The minimum atomic E-state index is 0.805. The van der Waals surface area contributed by atoms with Crippen molar-refractivity contribution in [1.29, 1.82) is 0 Å². The van der Waals surface area contributed by atoms with Gasteiger partial charge in [-0.2, -0.15) is 0 Å². The van der Waals surface area contributed by atoms with Crippen molar-refractivity contribution in [3.05, 3.63) is 0 Å². The van der Waals surface area contributed by atoms with Crippen LogP contribution in [-0.2, 0) is 0 Å². The molecule has 2 N–H and O–H groups in total. The summed E-state index contributed by atoms with van der Waals surface area (Å²) >= 11 is 0. The third-order valence-electron chi connectivity index (χ3n) is 5.83. The average molecular weight is 264 g/mol. The maximum atomic E-state index is 4.06. The zero-order valence-corrected chi connectivity index (χ0v) is 12.7. The normalized spacial score (nSPS) is 44.4. The Morgan fingerprint density at radius 3 is 2.47 bits per heavy atom. The molecule has 1 saturated heterocycles. The molecule has 2 heteroatoms. The van der Waals surface area contributed by atoms with Gasteiger partial charge in [-0.25, -0.2) is 0 Å². The second-order valence-electron chi connectivity index (χ2n) is 7.39. The van der Waals surface area contributed by atoms with Crippen molar-refractivity contribution in [2.75, 3.05) is 6.54 Å². The van der Waals surface area contributed by atoms with E-state index in [0.717, 1.165) is 30.0 Å². The average Bonchev–Trinajstić information content (AvgIpc) is 2.86. The van der Waals surface area contributed by atoms with E-state index in [4.69, 9.17) is 0 Å². The van der Waals surface area contributed by atoms with Crippen molar-refractivity contribution in [3.63, 3.8) is 0 Å². The molecular formula is C17H32N2. The van der Waals surface area contributed by atoms with Gasteiger partial charge in [-0.1, -0.05) is 26.2 Å². The first-order chi connectivity index (χ1) is 9.33. The molecule has 2 saturated carbocycles. The highest BCUT2D eigenvalue weighted by Gasteiger charge is 2.34. The van der Waals surface area contributed by atoms with Gasteiger partial charge in [-0.05, 0) is 63.3 Å². The van der Waals surface area contributed by atoms with Gasteiger partial charge in [0.05, 0.1) is 0 Å². The molecule has 3 rings (SSSR count). The summed E-state index contributed by atoms with van der Waals surface area (Å²) in [6, 6.07) is 2.44. The van der Waals surface area contributed by atoms with Gasteiger partial charge in [-0.15, -0.1) is 0 Å². The Hall–Kier alpha value is -0.0800. The molecule has 3 fully saturated rings. The first-order valence-electron chi connectivity index (χ1n) is 8.82. The summed E-state index contributed by atoms with van der Waals surface area (Å²) in [7, 11) is 0. The Morgan fingerprint density at radius 2 is 1.74 bits per heavy atom. The number of hydrogen-bond donors (Lipinski definition) is 2. The summed E-state index contributed by atoms with van der Waals surface area (Å²) in [5.41, 5.74) is 0. The molecule has 5 atom stereocenters. The Balaban J connectivity index is 1.57. The van der Waals surface area contributed by atoms with Gasteiger partial charge in [-0.3, -0.25) is 0 Å². The van der Waals surface area contributed by atoms with Crippen LogP contribution in [0.5, 0.6) is 0 Å². The highest BCUT2D eigenvalue weighted by atomic mass is 15.0. The molecule has 0 aromatic rings. The molecule has 0 radical (unpaired) electrons. The highest BCUT2D eigenvalue weighted by Crippen LogP contribution is 2.33. The molecule has 110 valence electrons. The van der Waals surface area contributed by atoms with Crippen LogP contribution in [0.1, 0.15) is 71.1 Å². The number of rotatable bonds is 3. The molecule has 2 aliphatic carbocycles. The van der Waals surface area contributed by atoms with Crippen LogP contribution in [0.15, 0.2) is 0 Å². The first kappa shape index (κ1) is 13.9.